The number of carbonyl (C=O) groups is 9. The Hall–Kier alpha value is -4.80. The number of hydrogen-bond donors (Lipinski definition) is 8. The summed E-state index contributed by atoms with van der Waals surface area (Å²) in [7, 11) is 6.44. The van der Waals surface area contributed by atoms with Gasteiger partial charge in [-0.15, -0.1) is 11.8 Å². The average Bonchev–Trinajstić information content (AvgIpc) is 3.22. The quantitative estimate of drug-likeness (QED) is 0.0365. The first-order chi connectivity index (χ1) is 30.0. The SMILES string of the molecule is C/C=C/C[C@@H](C)[C@@H](O)CC(=O)N[C@@H](CC)C(=O)N(C)[C@H](SCCNC(C)C)C(=O)N(C)[C@@H](CC(C)(C)O)C(=O)NC(=O)N(C)C(=O)NC(=O)N[C@@H](C)C(=O)N(C)[C@@H](CC(C)C)C(=O)NC. The molecule has 0 heterocycles. The van der Waals surface area contributed by atoms with Gasteiger partial charge in [-0.25, -0.2) is 19.3 Å². The second-order valence-electron chi connectivity index (χ2n) is 17.5. The van der Waals surface area contributed by atoms with E-state index in [1.807, 2.05) is 57.4 Å². The summed E-state index contributed by atoms with van der Waals surface area (Å²) in [6.07, 6.45) is 3.15. The molecule has 0 unspecified atom stereocenters. The minimum absolute atomic E-state index is 0.0579. The fourth-order valence-corrected chi connectivity index (χ4v) is 7.37. The van der Waals surface area contributed by atoms with Crippen LogP contribution in [0.4, 0.5) is 14.4 Å². The van der Waals surface area contributed by atoms with Crippen LogP contribution in [0, 0.1) is 11.8 Å². The molecule has 0 aromatic carbocycles. The maximum atomic E-state index is 14.4. The normalized spacial score (nSPS) is 14.8. The van der Waals surface area contributed by atoms with Gasteiger partial charge in [-0.1, -0.05) is 53.7 Å². The van der Waals surface area contributed by atoms with Gasteiger partial charge in [0, 0.05) is 60.0 Å². The number of hydrogen-bond acceptors (Lipinski definition) is 13. The highest BCUT2D eigenvalue weighted by Gasteiger charge is 2.40. The Bertz CT molecular complexity index is 1660. The van der Waals surface area contributed by atoms with Crippen molar-refractivity contribution in [2.75, 3.05) is 47.5 Å². The van der Waals surface area contributed by atoms with Crippen molar-refractivity contribution in [3.63, 3.8) is 0 Å². The Morgan fingerprint density at radius 3 is 1.85 bits per heavy atom. The van der Waals surface area contributed by atoms with Gasteiger partial charge < -0.3 is 46.2 Å². The summed E-state index contributed by atoms with van der Waals surface area (Å²) in [6, 6.07) is -8.32. The van der Waals surface area contributed by atoms with Gasteiger partial charge in [0.05, 0.1) is 18.1 Å². The van der Waals surface area contributed by atoms with Crippen molar-refractivity contribution in [1.29, 1.82) is 0 Å². The lowest BCUT2D eigenvalue weighted by Gasteiger charge is -2.37. The molecule has 0 aliphatic rings. The number of carbonyl (C=O) groups excluding carboxylic acids is 9. The summed E-state index contributed by atoms with van der Waals surface area (Å²) in [5, 5.41) is 34.8. The topological polar surface area (TPSA) is 279 Å². The number of nitrogens with one attached hydrogen (secondary N) is 6. The number of urea groups is 3. The van der Waals surface area contributed by atoms with E-state index in [1.54, 1.807) is 13.8 Å². The monoisotopic (exact) mass is 943 g/mol. The summed E-state index contributed by atoms with van der Waals surface area (Å²) in [6.45, 7) is 17.5. The van der Waals surface area contributed by atoms with Crippen molar-refractivity contribution in [3.8, 4) is 0 Å². The molecule has 0 aliphatic heterocycles. The van der Waals surface area contributed by atoms with E-state index < -0.39 is 101 Å². The molecule has 21 nitrogen and oxygen atoms in total. The summed E-state index contributed by atoms with van der Waals surface area (Å²) in [5.41, 5.74) is -1.59. The number of aliphatic hydroxyl groups is 2. The minimum atomic E-state index is -1.59. The lowest BCUT2D eigenvalue weighted by atomic mass is 9.97. The van der Waals surface area contributed by atoms with Crippen LogP contribution < -0.4 is 31.9 Å². The maximum Gasteiger partial charge on any atom is 0.333 e. The predicted molar refractivity (Wildman–Crippen MR) is 249 cm³/mol. The molecule has 8 N–H and O–H groups in total. The molecule has 0 bridgehead atoms. The van der Waals surface area contributed by atoms with Crippen LogP contribution in [0.15, 0.2) is 12.2 Å². The average molecular weight is 943 g/mol. The molecule has 22 heteroatoms. The first kappa shape index (κ1) is 60.2. The molecule has 0 aliphatic carbocycles. The van der Waals surface area contributed by atoms with Crippen LogP contribution in [0.3, 0.4) is 0 Å². The highest BCUT2D eigenvalue weighted by molar-refractivity contribution is 8.00. The summed E-state index contributed by atoms with van der Waals surface area (Å²) in [5.74, 6) is -3.91. The predicted octanol–water partition coefficient (Wildman–Crippen LogP) is 1.33. The molecule has 65 heavy (non-hydrogen) atoms. The van der Waals surface area contributed by atoms with E-state index in [2.05, 4.69) is 21.3 Å². The van der Waals surface area contributed by atoms with Gasteiger partial charge in [-0.3, -0.25) is 39.4 Å². The summed E-state index contributed by atoms with van der Waals surface area (Å²) in [4.78, 5) is 123. The third kappa shape index (κ3) is 21.4. The summed E-state index contributed by atoms with van der Waals surface area (Å²) >= 11 is 1.08. The largest absolute Gasteiger partial charge is 0.392 e. The van der Waals surface area contributed by atoms with Gasteiger partial charge in [0.2, 0.25) is 23.6 Å². The number of nitrogens with zero attached hydrogens (tertiary/aromatic N) is 4. The second-order valence-corrected chi connectivity index (χ2v) is 18.7. The molecule has 0 saturated heterocycles. The zero-order valence-electron chi connectivity index (χ0n) is 41.1. The lowest BCUT2D eigenvalue weighted by molar-refractivity contribution is -0.146. The highest BCUT2D eigenvalue weighted by Crippen LogP contribution is 2.23. The van der Waals surface area contributed by atoms with E-state index in [9.17, 15) is 53.4 Å². The van der Waals surface area contributed by atoms with Crippen molar-refractivity contribution in [2.45, 2.75) is 149 Å². The van der Waals surface area contributed by atoms with Crippen LogP contribution >= 0.6 is 11.8 Å². The van der Waals surface area contributed by atoms with Crippen molar-refractivity contribution in [3.05, 3.63) is 12.2 Å². The Labute approximate surface area is 389 Å². The van der Waals surface area contributed by atoms with Crippen LogP contribution in [0.5, 0.6) is 0 Å². The van der Waals surface area contributed by atoms with Crippen LogP contribution in [-0.4, -0.2) is 178 Å². The Balaban J connectivity index is 6.25. The van der Waals surface area contributed by atoms with E-state index in [1.165, 1.54) is 53.9 Å². The first-order valence-electron chi connectivity index (χ1n) is 21.9. The van der Waals surface area contributed by atoms with Gasteiger partial charge in [0.25, 0.3) is 11.8 Å². The number of likely N-dealkylation sites (N-methyl/N-ethyl adjacent to an activating group) is 4. The summed E-state index contributed by atoms with van der Waals surface area (Å²) < 4.78 is 0. The van der Waals surface area contributed by atoms with E-state index in [4.69, 9.17) is 0 Å². The maximum absolute atomic E-state index is 14.4. The van der Waals surface area contributed by atoms with Crippen LogP contribution in [-0.2, 0) is 28.8 Å². The van der Waals surface area contributed by atoms with E-state index in [0.29, 0.717) is 30.0 Å². The van der Waals surface area contributed by atoms with Gasteiger partial charge in [-0.05, 0) is 58.8 Å². The van der Waals surface area contributed by atoms with Crippen molar-refractivity contribution in [2.24, 2.45) is 11.8 Å². The van der Waals surface area contributed by atoms with Gasteiger partial charge in [0.15, 0.2) is 5.37 Å². The molecule has 0 aromatic rings. The van der Waals surface area contributed by atoms with Crippen molar-refractivity contribution in [1.82, 2.24) is 51.5 Å². The molecule has 12 amide bonds. The van der Waals surface area contributed by atoms with Crippen molar-refractivity contribution < 1.29 is 53.4 Å². The molecule has 0 fully saturated rings. The zero-order chi connectivity index (χ0) is 50.5. The molecule has 372 valence electrons. The van der Waals surface area contributed by atoms with Gasteiger partial charge in [0.1, 0.15) is 24.2 Å². The highest BCUT2D eigenvalue weighted by atomic mass is 32.2. The number of allylic oxidation sites excluding steroid dienone is 2. The number of amides is 12. The van der Waals surface area contributed by atoms with E-state index >= 15 is 0 Å². The third-order valence-corrected chi connectivity index (χ3v) is 11.6. The molecular weight excluding hydrogens is 865 g/mol. The van der Waals surface area contributed by atoms with Crippen LogP contribution in [0.2, 0.25) is 0 Å². The fraction of sp³-hybridized carbons (Fsp3) is 0.744. The Kier molecular flexibility index (Phi) is 26.8. The third-order valence-electron chi connectivity index (χ3n) is 10.3. The molecular formula is C43H78N10O11S. The lowest BCUT2D eigenvalue weighted by Crippen LogP contribution is -2.59. The molecule has 0 rings (SSSR count). The van der Waals surface area contributed by atoms with E-state index in [-0.39, 0.29) is 30.7 Å². The number of rotatable bonds is 25. The fourth-order valence-electron chi connectivity index (χ4n) is 6.28. The standard InChI is InChI=1S/C43H78N10O11S/c1-16-18-19-27(7)32(54)23-33(55)47-29(17-2)37(59)52(14)39(65-21-20-45-26(5)6)38(60)51(13)31(24-43(9,10)64)35(57)48-41(62)53(15)42(63)49-40(61)46-28(8)36(58)50(12)30(22-25(3)4)34(56)44-11/h16,18,25-32,39,45,54,64H,17,19-24H2,1-15H3,(H,44,56)(H,47,55)(H,48,57,62)(H2,46,49,61,63)/b18-16+/t27-,28+,29+,30+,31+,32+,39-/m1/s1. The zero-order valence-corrected chi connectivity index (χ0v) is 41.9. The van der Waals surface area contributed by atoms with Gasteiger partial charge >= 0.3 is 18.1 Å². The Morgan fingerprint density at radius 1 is 0.769 bits per heavy atom. The molecule has 0 spiro atoms. The van der Waals surface area contributed by atoms with Gasteiger partial charge in [-0.2, -0.15) is 0 Å². The molecule has 0 saturated carbocycles. The minimum Gasteiger partial charge on any atom is -0.392 e. The number of imide groups is 3. The van der Waals surface area contributed by atoms with Crippen LogP contribution in [0.1, 0.15) is 101 Å². The number of aliphatic hydroxyl groups excluding tert-OH is 1. The number of thioether (sulfide) groups is 1. The Morgan fingerprint density at radius 2 is 1.34 bits per heavy atom. The molecule has 7 atom stereocenters. The van der Waals surface area contributed by atoms with E-state index in [0.717, 1.165) is 28.6 Å². The second kappa shape index (κ2) is 29.0. The smallest absolute Gasteiger partial charge is 0.333 e. The first-order valence-corrected chi connectivity index (χ1v) is 23.0. The van der Waals surface area contributed by atoms with Crippen LogP contribution in [0.25, 0.3) is 0 Å². The molecule has 0 aromatic heterocycles. The van der Waals surface area contributed by atoms with Crippen molar-refractivity contribution >= 4 is 65.3 Å². The molecule has 0 radical (unpaired) electrons.